The van der Waals surface area contributed by atoms with Crippen molar-refractivity contribution in [3.63, 3.8) is 0 Å². The van der Waals surface area contributed by atoms with Crippen molar-refractivity contribution in [3.05, 3.63) is 77.7 Å². The zero-order valence-electron chi connectivity index (χ0n) is 15.4. The Morgan fingerprint density at radius 3 is 2.83 bits per heavy atom. The Hall–Kier alpha value is -3.29. The van der Waals surface area contributed by atoms with Gasteiger partial charge in [-0.3, -0.25) is 9.69 Å². The molecule has 0 spiro atoms. The number of hydrogen-bond donors (Lipinski definition) is 1. The molecule has 1 N–H and O–H groups in total. The molecule has 5 nitrogen and oxygen atoms in total. The van der Waals surface area contributed by atoms with Crippen LogP contribution in [0.5, 0.6) is 0 Å². The van der Waals surface area contributed by atoms with E-state index in [1.807, 2.05) is 67.6 Å². The number of hydrogen-bond acceptors (Lipinski definition) is 5. The number of para-hydroxylation sites is 1. The molecular formula is C22H15N3O2S2. The van der Waals surface area contributed by atoms with Crippen LogP contribution in [0.15, 0.2) is 70.8 Å². The molecule has 7 heteroatoms. The van der Waals surface area contributed by atoms with Crippen LogP contribution in [-0.4, -0.2) is 16.0 Å². The number of aromatic nitrogens is 1. The van der Waals surface area contributed by atoms with Gasteiger partial charge in [0.2, 0.25) is 0 Å². The van der Waals surface area contributed by atoms with Gasteiger partial charge in [0.25, 0.3) is 5.91 Å². The van der Waals surface area contributed by atoms with E-state index < -0.39 is 0 Å². The molecule has 1 amide bonds. The van der Waals surface area contributed by atoms with Crippen molar-refractivity contribution < 1.29 is 9.21 Å². The molecule has 142 valence electrons. The Labute approximate surface area is 176 Å². The van der Waals surface area contributed by atoms with Gasteiger partial charge < -0.3 is 9.73 Å². The number of carbonyl (C=O) groups is 1. The average molecular weight is 418 g/mol. The Bertz CT molecular complexity index is 1270. The van der Waals surface area contributed by atoms with Crippen LogP contribution >= 0.6 is 23.6 Å². The number of benzene rings is 2. The third-order valence-corrected chi connectivity index (χ3v) is 5.89. The van der Waals surface area contributed by atoms with Crippen LogP contribution < -0.4 is 10.2 Å². The van der Waals surface area contributed by atoms with Gasteiger partial charge in [0.05, 0.1) is 15.9 Å². The van der Waals surface area contributed by atoms with Crippen LogP contribution in [0.3, 0.4) is 0 Å². The number of fused-ring (bicyclic) bond motifs is 1. The van der Waals surface area contributed by atoms with E-state index in [1.165, 1.54) is 4.90 Å². The Morgan fingerprint density at radius 1 is 1.14 bits per heavy atom. The largest absolute Gasteiger partial charge is 0.454 e. The summed E-state index contributed by atoms with van der Waals surface area (Å²) in [6.45, 7) is 1.98. The molecule has 1 aliphatic rings. The molecule has 3 heterocycles. The third kappa shape index (κ3) is 3.24. The number of rotatable bonds is 3. The second kappa shape index (κ2) is 6.95. The van der Waals surface area contributed by atoms with E-state index in [2.05, 4.69) is 10.3 Å². The fourth-order valence-corrected chi connectivity index (χ4v) is 4.43. The molecule has 2 aromatic carbocycles. The summed E-state index contributed by atoms with van der Waals surface area (Å²) in [6.07, 6.45) is 1.67. The molecule has 4 aromatic rings. The van der Waals surface area contributed by atoms with Gasteiger partial charge in [-0.25, -0.2) is 4.98 Å². The Morgan fingerprint density at radius 2 is 2.00 bits per heavy atom. The van der Waals surface area contributed by atoms with Crippen molar-refractivity contribution in [2.24, 2.45) is 0 Å². The molecule has 0 unspecified atom stereocenters. The van der Waals surface area contributed by atoms with Gasteiger partial charge in [0.15, 0.2) is 15.9 Å². The maximum Gasteiger partial charge on any atom is 0.281 e. The first-order chi connectivity index (χ1) is 14.1. The van der Waals surface area contributed by atoms with Gasteiger partial charge in [-0.2, -0.15) is 0 Å². The maximum absolute atomic E-state index is 12.9. The van der Waals surface area contributed by atoms with Gasteiger partial charge in [0, 0.05) is 6.08 Å². The lowest BCUT2D eigenvalue weighted by molar-refractivity contribution is -0.113. The lowest BCUT2D eigenvalue weighted by Gasteiger charge is -2.14. The first-order valence-corrected chi connectivity index (χ1v) is 10.2. The highest BCUT2D eigenvalue weighted by Gasteiger charge is 2.32. The highest BCUT2D eigenvalue weighted by Crippen LogP contribution is 2.32. The number of furan rings is 1. The van der Waals surface area contributed by atoms with Gasteiger partial charge >= 0.3 is 0 Å². The van der Waals surface area contributed by atoms with Gasteiger partial charge in [-0.15, -0.1) is 11.3 Å². The van der Waals surface area contributed by atoms with E-state index in [4.69, 9.17) is 16.6 Å². The fourth-order valence-electron chi connectivity index (χ4n) is 3.20. The smallest absolute Gasteiger partial charge is 0.281 e. The van der Waals surface area contributed by atoms with E-state index in [-0.39, 0.29) is 5.91 Å². The summed E-state index contributed by atoms with van der Waals surface area (Å²) >= 11 is 6.94. The van der Waals surface area contributed by atoms with Crippen LogP contribution in [0.4, 0.5) is 5.69 Å². The van der Waals surface area contributed by atoms with Crippen LogP contribution in [0.2, 0.25) is 0 Å². The molecule has 1 aliphatic heterocycles. The Kier molecular flexibility index (Phi) is 4.26. The first-order valence-electron chi connectivity index (χ1n) is 8.98. The number of thiazole rings is 1. The minimum atomic E-state index is -0.210. The maximum atomic E-state index is 12.9. The zero-order valence-corrected chi connectivity index (χ0v) is 17.0. The lowest BCUT2D eigenvalue weighted by Crippen LogP contribution is -2.30. The molecule has 0 radical (unpaired) electrons. The van der Waals surface area contributed by atoms with Crippen molar-refractivity contribution >= 4 is 56.6 Å². The number of anilines is 1. The monoisotopic (exact) mass is 417 g/mol. The average Bonchev–Trinajstić information content (AvgIpc) is 3.40. The molecule has 0 aliphatic carbocycles. The predicted octanol–water partition coefficient (Wildman–Crippen LogP) is 5.13. The normalized spacial score (nSPS) is 15.5. The van der Waals surface area contributed by atoms with E-state index in [1.54, 1.807) is 17.4 Å². The van der Waals surface area contributed by atoms with E-state index in [0.717, 1.165) is 26.5 Å². The van der Waals surface area contributed by atoms with Crippen molar-refractivity contribution in [1.29, 1.82) is 0 Å². The number of aryl methyl sites for hydroxylation is 1. The van der Waals surface area contributed by atoms with Crippen LogP contribution in [-0.2, 0) is 4.79 Å². The number of thiocarbonyl (C=S) groups is 1. The van der Waals surface area contributed by atoms with Gasteiger partial charge in [-0.05, 0) is 61.1 Å². The van der Waals surface area contributed by atoms with Crippen molar-refractivity contribution in [2.75, 3.05) is 4.90 Å². The summed E-state index contributed by atoms with van der Waals surface area (Å²) in [5.74, 6) is 1.02. The highest BCUT2D eigenvalue weighted by atomic mass is 32.1. The SMILES string of the molecule is Cc1cccc(N2C(=O)/C(=C\c3ccc(-c4nc5ccccc5s4)o3)NC2=S)c1. The molecule has 29 heavy (non-hydrogen) atoms. The van der Waals surface area contributed by atoms with E-state index in [0.29, 0.717) is 22.3 Å². The standard InChI is InChI=1S/C22H15N3O2S2/c1-13-5-4-6-14(11-13)25-21(26)17(24-22(25)28)12-15-9-10-18(27-15)20-23-16-7-2-3-8-19(16)29-20/h2-12H,1H3,(H,24,28)/b17-12+. The second-order valence-electron chi connectivity index (χ2n) is 6.66. The number of nitrogens with one attached hydrogen (secondary N) is 1. The third-order valence-electron chi connectivity index (χ3n) is 4.56. The molecule has 0 bridgehead atoms. The van der Waals surface area contributed by atoms with Crippen molar-refractivity contribution in [1.82, 2.24) is 10.3 Å². The molecule has 5 rings (SSSR count). The lowest BCUT2D eigenvalue weighted by atomic mass is 10.2. The Balaban J connectivity index is 1.44. The summed E-state index contributed by atoms with van der Waals surface area (Å²) < 4.78 is 7.02. The van der Waals surface area contributed by atoms with Crippen molar-refractivity contribution in [3.8, 4) is 10.8 Å². The molecule has 1 fully saturated rings. The van der Waals surface area contributed by atoms with Crippen molar-refractivity contribution in [2.45, 2.75) is 6.92 Å². The summed E-state index contributed by atoms with van der Waals surface area (Å²) in [5, 5.41) is 4.14. The molecule has 1 saturated heterocycles. The summed E-state index contributed by atoms with van der Waals surface area (Å²) in [7, 11) is 0. The second-order valence-corrected chi connectivity index (χ2v) is 8.07. The highest BCUT2D eigenvalue weighted by molar-refractivity contribution is 7.80. The van der Waals surface area contributed by atoms with Gasteiger partial charge in [-0.1, -0.05) is 24.3 Å². The topological polar surface area (TPSA) is 58.4 Å². The molecular weight excluding hydrogens is 402 g/mol. The van der Waals surface area contributed by atoms with E-state index in [9.17, 15) is 4.79 Å². The van der Waals surface area contributed by atoms with Crippen LogP contribution in [0.25, 0.3) is 27.1 Å². The van der Waals surface area contributed by atoms with Crippen LogP contribution in [0.1, 0.15) is 11.3 Å². The summed E-state index contributed by atoms with van der Waals surface area (Å²) in [5.41, 5.74) is 3.12. The molecule has 0 saturated carbocycles. The fraction of sp³-hybridized carbons (Fsp3) is 0.0455. The minimum Gasteiger partial charge on any atom is -0.454 e. The minimum absolute atomic E-state index is 0.210. The number of carbonyl (C=O) groups excluding carboxylic acids is 1. The number of nitrogens with zero attached hydrogens (tertiary/aromatic N) is 2. The number of amides is 1. The quantitative estimate of drug-likeness (QED) is 0.370. The van der Waals surface area contributed by atoms with Gasteiger partial charge in [0.1, 0.15) is 11.5 Å². The summed E-state index contributed by atoms with van der Waals surface area (Å²) in [4.78, 5) is 19.0. The van der Waals surface area contributed by atoms with Crippen LogP contribution in [0, 0.1) is 6.92 Å². The molecule has 0 atom stereocenters. The zero-order chi connectivity index (χ0) is 20.0. The first kappa shape index (κ1) is 17.8. The van der Waals surface area contributed by atoms with E-state index >= 15 is 0 Å². The summed E-state index contributed by atoms with van der Waals surface area (Å²) in [6, 6.07) is 19.3. The molecule has 2 aromatic heterocycles. The predicted molar refractivity (Wildman–Crippen MR) is 120 cm³/mol.